The van der Waals surface area contributed by atoms with E-state index in [0.717, 1.165) is 24.2 Å². The number of hydrogen-bond acceptors (Lipinski definition) is 5. The number of rotatable bonds is 6. The van der Waals surface area contributed by atoms with Crippen LogP contribution in [0.3, 0.4) is 0 Å². The van der Waals surface area contributed by atoms with Crippen LogP contribution in [0.15, 0.2) is 45.9 Å². The number of likely N-dealkylation sites (N-methyl/N-ethyl adjacent to an activating group) is 1. The number of amides is 2. The summed E-state index contributed by atoms with van der Waals surface area (Å²) in [6.07, 6.45) is 2.60. The average Bonchev–Trinajstić information content (AvgIpc) is 3.21. The van der Waals surface area contributed by atoms with Crippen LogP contribution in [-0.4, -0.2) is 56.1 Å². The largest absolute Gasteiger partial charge is 0.438 e. The SMILES string of the molecule is CN(CC(=O)Nc1ccccc1Cl)C(=O)c1ccc(S(=O)(=O)N2CCCCC2)o1. The van der Waals surface area contributed by atoms with Gasteiger partial charge in [0.25, 0.3) is 15.9 Å². The number of piperidine rings is 1. The number of carbonyl (C=O) groups is 2. The number of carbonyl (C=O) groups excluding carboxylic acids is 2. The summed E-state index contributed by atoms with van der Waals surface area (Å²) >= 11 is 6.00. The van der Waals surface area contributed by atoms with Crippen LogP contribution in [0.4, 0.5) is 5.69 Å². The lowest BCUT2D eigenvalue weighted by atomic mass is 10.2. The Morgan fingerprint density at radius 3 is 2.52 bits per heavy atom. The van der Waals surface area contributed by atoms with Gasteiger partial charge in [0.05, 0.1) is 17.3 Å². The second-order valence-corrected chi connectivity index (χ2v) is 9.05. The molecule has 0 saturated carbocycles. The van der Waals surface area contributed by atoms with Crippen molar-refractivity contribution in [3.63, 3.8) is 0 Å². The molecule has 1 aromatic heterocycles. The number of nitrogens with one attached hydrogen (secondary N) is 1. The van der Waals surface area contributed by atoms with E-state index in [0.29, 0.717) is 23.8 Å². The van der Waals surface area contributed by atoms with Gasteiger partial charge in [0.2, 0.25) is 11.0 Å². The zero-order chi connectivity index (χ0) is 21.0. The summed E-state index contributed by atoms with van der Waals surface area (Å²) in [6.45, 7) is 0.627. The molecule has 0 aliphatic carbocycles. The van der Waals surface area contributed by atoms with Gasteiger partial charge in [-0.25, -0.2) is 8.42 Å². The van der Waals surface area contributed by atoms with Gasteiger partial charge in [-0.2, -0.15) is 4.31 Å². The van der Waals surface area contributed by atoms with Gasteiger partial charge >= 0.3 is 0 Å². The minimum absolute atomic E-state index is 0.145. The highest BCUT2D eigenvalue weighted by Gasteiger charge is 2.30. The normalized spacial score (nSPS) is 15.1. The molecule has 1 aromatic carbocycles. The molecule has 1 fully saturated rings. The molecule has 2 heterocycles. The maximum atomic E-state index is 12.6. The molecule has 0 unspecified atom stereocenters. The number of nitrogens with zero attached hydrogens (tertiary/aromatic N) is 2. The summed E-state index contributed by atoms with van der Waals surface area (Å²) in [5.74, 6) is -1.19. The van der Waals surface area contributed by atoms with E-state index in [9.17, 15) is 18.0 Å². The van der Waals surface area contributed by atoms with E-state index in [2.05, 4.69) is 5.32 Å². The van der Waals surface area contributed by atoms with Crippen molar-refractivity contribution in [1.29, 1.82) is 0 Å². The molecule has 1 aliphatic rings. The summed E-state index contributed by atoms with van der Waals surface area (Å²) in [6, 6.07) is 9.32. The molecule has 8 nitrogen and oxygen atoms in total. The Bertz CT molecular complexity index is 999. The van der Waals surface area contributed by atoms with Gasteiger partial charge in [-0.15, -0.1) is 0 Å². The first kappa shape index (κ1) is 21.4. The molecule has 1 saturated heterocycles. The van der Waals surface area contributed by atoms with Crippen molar-refractivity contribution in [2.24, 2.45) is 0 Å². The molecule has 29 heavy (non-hydrogen) atoms. The fourth-order valence-corrected chi connectivity index (χ4v) is 4.65. The highest BCUT2D eigenvalue weighted by Crippen LogP contribution is 2.23. The second-order valence-electron chi connectivity index (χ2n) is 6.77. The Kier molecular flexibility index (Phi) is 6.61. The summed E-state index contributed by atoms with van der Waals surface area (Å²) in [4.78, 5) is 25.9. The monoisotopic (exact) mass is 439 g/mol. The van der Waals surface area contributed by atoms with Crippen molar-refractivity contribution in [2.45, 2.75) is 24.4 Å². The Labute approximate surface area is 174 Å². The third-order valence-electron chi connectivity index (χ3n) is 4.58. The first-order valence-corrected chi connectivity index (χ1v) is 11.0. The maximum absolute atomic E-state index is 12.6. The summed E-state index contributed by atoms with van der Waals surface area (Å²) < 4.78 is 32.0. The lowest BCUT2D eigenvalue weighted by Gasteiger charge is -2.24. The molecule has 10 heteroatoms. The molecular weight excluding hydrogens is 418 g/mol. The Morgan fingerprint density at radius 1 is 1.14 bits per heavy atom. The molecule has 156 valence electrons. The van der Waals surface area contributed by atoms with E-state index in [4.69, 9.17) is 16.0 Å². The molecule has 2 amide bonds. The van der Waals surface area contributed by atoms with E-state index >= 15 is 0 Å². The van der Waals surface area contributed by atoms with E-state index in [1.807, 2.05) is 0 Å². The van der Waals surface area contributed by atoms with Crippen molar-refractivity contribution < 1.29 is 22.4 Å². The predicted molar refractivity (Wildman–Crippen MR) is 108 cm³/mol. The van der Waals surface area contributed by atoms with Crippen LogP contribution >= 0.6 is 11.6 Å². The fraction of sp³-hybridized carbons (Fsp3) is 0.368. The molecule has 0 radical (unpaired) electrons. The number of benzene rings is 1. The quantitative estimate of drug-likeness (QED) is 0.745. The zero-order valence-electron chi connectivity index (χ0n) is 15.9. The third kappa shape index (κ3) is 4.98. The molecule has 1 N–H and O–H groups in total. The summed E-state index contributed by atoms with van der Waals surface area (Å²) in [7, 11) is -2.34. The lowest BCUT2D eigenvalue weighted by molar-refractivity contribution is -0.116. The van der Waals surface area contributed by atoms with Crippen LogP contribution in [0.5, 0.6) is 0 Å². The highest BCUT2D eigenvalue weighted by atomic mass is 35.5. The molecule has 2 aromatic rings. The molecule has 3 rings (SSSR count). The molecule has 0 bridgehead atoms. The number of halogens is 1. The van der Waals surface area contributed by atoms with Crippen LogP contribution in [0, 0.1) is 0 Å². The third-order valence-corrected chi connectivity index (χ3v) is 6.68. The van der Waals surface area contributed by atoms with Crippen LogP contribution < -0.4 is 5.32 Å². The van der Waals surface area contributed by atoms with E-state index in [1.54, 1.807) is 24.3 Å². The smallest absolute Gasteiger partial charge is 0.289 e. The van der Waals surface area contributed by atoms with Gasteiger partial charge in [-0.3, -0.25) is 9.59 Å². The van der Waals surface area contributed by atoms with Crippen LogP contribution in [-0.2, 0) is 14.8 Å². The molecule has 0 spiro atoms. The Morgan fingerprint density at radius 2 is 1.83 bits per heavy atom. The van der Waals surface area contributed by atoms with Gasteiger partial charge in [0, 0.05) is 20.1 Å². The maximum Gasteiger partial charge on any atom is 0.289 e. The van der Waals surface area contributed by atoms with E-state index < -0.39 is 21.8 Å². The Hall–Kier alpha value is -2.36. The topological polar surface area (TPSA) is 99.9 Å². The predicted octanol–water partition coefficient (Wildman–Crippen LogP) is 2.82. The molecule has 0 atom stereocenters. The standard InChI is InChI=1S/C19H22ClN3O5S/c1-22(13-17(24)21-15-8-4-3-7-14(15)20)19(25)16-9-10-18(28-16)29(26,27)23-11-5-2-6-12-23/h3-4,7-10H,2,5-6,11-13H2,1H3,(H,21,24). The van der Waals surface area contributed by atoms with Crippen molar-refractivity contribution in [2.75, 3.05) is 32.0 Å². The lowest BCUT2D eigenvalue weighted by Crippen LogP contribution is -2.35. The van der Waals surface area contributed by atoms with Crippen LogP contribution in [0.1, 0.15) is 29.8 Å². The number of sulfonamides is 1. The minimum Gasteiger partial charge on any atom is -0.438 e. The van der Waals surface area contributed by atoms with Gasteiger partial charge in [0.15, 0.2) is 5.76 Å². The van der Waals surface area contributed by atoms with Gasteiger partial charge in [-0.05, 0) is 37.1 Å². The van der Waals surface area contributed by atoms with Gasteiger partial charge in [-0.1, -0.05) is 30.2 Å². The zero-order valence-corrected chi connectivity index (χ0v) is 17.5. The first-order chi connectivity index (χ1) is 13.8. The Balaban J connectivity index is 1.64. The number of para-hydroxylation sites is 1. The number of furan rings is 1. The molecular formula is C19H22ClN3O5S. The highest BCUT2D eigenvalue weighted by molar-refractivity contribution is 7.89. The number of anilines is 1. The first-order valence-electron chi connectivity index (χ1n) is 9.19. The number of hydrogen-bond donors (Lipinski definition) is 1. The molecule has 1 aliphatic heterocycles. The van der Waals surface area contributed by atoms with E-state index in [1.165, 1.54) is 23.5 Å². The van der Waals surface area contributed by atoms with Crippen LogP contribution in [0.25, 0.3) is 0 Å². The second kappa shape index (κ2) is 8.98. The van der Waals surface area contributed by atoms with E-state index in [-0.39, 0.29) is 17.4 Å². The van der Waals surface area contributed by atoms with Gasteiger partial charge < -0.3 is 14.6 Å². The van der Waals surface area contributed by atoms with Crippen molar-refractivity contribution >= 4 is 39.1 Å². The minimum atomic E-state index is -3.77. The summed E-state index contributed by atoms with van der Waals surface area (Å²) in [5, 5.41) is 2.74. The van der Waals surface area contributed by atoms with Crippen molar-refractivity contribution in [3.05, 3.63) is 47.2 Å². The fourth-order valence-electron chi connectivity index (χ4n) is 3.03. The van der Waals surface area contributed by atoms with Gasteiger partial charge in [0.1, 0.15) is 0 Å². The van der Waals surface area contributed by atoms with Crippen LogP contribution in [0.2, 0.25) is 5.02 Å². The van der Waals surface area contributed by atoms with Crippen molar-refractivity contribution in [3.8, 4) is 0 Å². The van der Waals surface area contributed by atoms with Crippen molar-refractivity contribution in [1.82, 2.24) is 9.21 Å². The average molecular weight is 440 g/mol. The summed E-state index contributed by atoms with van der Waals surface area (Å²) in [5.41, 5.74) is 0.438.